The van der Waals surface area contributed by atoms with Gasteiger partial charge in [-0.2, -0.15) is 0 Å². The van der Waals surface area contributed by atoms with E-state index in [0.29, 0.717) is 11.5 Å². The van der Waals surface area contributed by atoms with E-state index in [2.05, 4.69) is 5.32 Å². The third kappa shape index (κ3) is 5.63. The van der Waals surface area contributed by atoms with Crippen LogP contribution in [0.2, 0.25) is 5.02 Å². The van der Waals surface area contributed by atoms with Gasteiger partial charge in [-0.3, -0.25) is 4.79 Å². The van der Waals surface area contributed by atoms with Gasteiger partial charge in [0.15, 0.2) is 12.7 Å². The predicted molar refractivity (Wildman–Crippen MR) is 94.1 cm³/mol. The van der Waals surface area contributed by atoms with Crippen molar-refractivity contribution >= 4 is 29.2 Å². The fourth-order valence-corrected chi connectivity index (χ4v) is 2.15. The van der Waals surface area contributed by atoms with Crippen molar-refractivity contribution in [1.82, 2.24) is 0 Å². The van der Waals surface area contributed by atoms with Gasteiger partial charge in [0.25, 0.3) is 5.91 Å². The number of benzene rings is 2. The van der Waals surface area contributed by atoms with Crippen molar-refractivity contribution in [2.24, 2.45) is 0 Å². The Labute approximate surface area is 154 Å². The number of halogens is 2. The van der Waals surface area contributed by atoms with Crippen molar-refractivity contribution in [2.75, 3.05) is 19.0 Å². The number of carbonyl (C=O) groups is 2. The summed E-state index contributed by atoms with van der Waals surface area (Å²) in [4.78, 5) is 23.7. The molecule has 8 heteroatoms. The largest absolute Gasteiger partial charge is 0.497 e. The van der Waals surface area contributed by atoms with Crippen molar-refractivity contribution in [2.45, 2.75) is 13.0 Å². The molecule has 0 heterocycles. The maximum Gasteiger partial charge on any atom is 0.347 e. The molecule has 2 aromatic carbocycles. The molecule has 2 rings (SSSR count). The van der Waals surface area contributed by atoms with Gasteiger partial charge in [0, 0.05) is 0 Å². The molecule has 0 saturated carbocycles. The van der Waals surface area contributed by atoms with Crippen LogP contribution in [0.5, 0.6) is 11.5 Å². The highest BCUT2D eigenvalue weighted by Crippen LogP contribution is 2.22. The molecular formula is C18H17ClFNO5. The Morgan fingerprint density at radius 1 is 1.15 bits per heavy atom. The van der Waals surface area contributed by atoms with Gasteiger partial charge in [-0.05, 0) is 49.4 Å². The molecule has 26 heavy (non-hydrogen) atoms. The number of hydrogen-bond donors (Lipinski definition) is 1. The standard InChI is InChI=1S/C18H17ClFNO5/c1-11(26-14-6-4-13(24-2)5-7-14)18(23)25-10-17(22)21-16-8-3-12(20)9-15(16)19/h3-9,11H,10H2,1-2H3,(H,21,22). The van der Waals surface area contributed by atoms with Crippen molar-refractivity contribution in [1.29, 1.82) is 0 Å². The molecule has 0 aromatic heterocycles. The predicted octanol–water partition coefficient (Wildman–Crippen LogP) is 3.44. The van der Waals surface area contributed by atoms with E-state index >= 15 is 0 Å². The quantitative estimate of drug-likeness (QED) is 0.744. The molecule has 0 aliphatic carbocycles. The van der Waals surface area contributed by atoms with E-state index in [1.807, 2.05) is 0 Å². The highest BCUT2D eigenvalue weighted by atomic mass is 35.5. The molecule has 0 fully saturated rings. The maximum atomic E-state index is 13.0. The first-order chi connectivity index (χ1) is 12.4. The monoisotopic (exact) mass is 381 g/mol. The number of rotatable bonds is 7. The summed E-state index contributed by atoms with van der Waals surface area (Å²) in [5.74, 6) is -0.727. The van der Waals surface area contributed by atoms with Crippen LogP contribution < -0.4 is 14.8 Å². The van der Waals surface area contributed by atoms with Crippen LogP contribution in [0.4, 0.5) is 10.1 Å². The Kier molecular flexibility index (Phi) is 6.80. The Bertz CT molecular complexity index is 782. The Balaban J connectivity index is 1.81. The van der Waals surface area contributed by atoms with Crippen LogP contribution in [0, 0.1) is 5.82 Å². The second kappa shape index (κ2) is 9.05. The smallest absolute Gasteiger partial charge is 0.347 e. The van der Waals surface area contributed by atoms with Gasteiger partial charge in [-0.25, -0.2) is 9.18 Å². The van der Waals surface area contributed by atoms with Gasteiger partial charge < -0.3 is 19.5 Å². The van der Waals surface area contributed by atoms with Crippen LogP contribution in [0.15, 0.2) is 42.5 Å². The fourth-order valence-electron chi connectivity index (χ4n) is 1.94. The number of methoxy groups -OCH3 is 1. The second-order valence-electron chi connectivity index (χ2n) is 5.22. The lowest BCUT2D eigenvalue weighted by atomic mass is 10.3. The zero-order valence-corrected chi connectivity index (χ0v) is 14.9. The van der Waals surface area contributed by atoms with E-state index in [1.54, 1.807) is 31.4 Å². The topological polar surface area (TPSA) is 73.9 Å². The summed E-state index contributed by atoms with van der Waals surface area (Å²) >= 11 is 5.81. The first-order valence-corrected chi connectivity index (χ1v) is 7.99. The third-order valence-corrected chi connectivity index (χ3v) is 3.57. The third-order valence-electron chi connectivity index (χ3n) is 3.25. The number of esters is 1. The number of nitrogens with one attached hydrogen (secondary N) is 1. The van der Waals surface area contributed by atoms with E-state index in [4.69, 9.17) is 25.8 Å². The molecular weight excluding hydrogens is 365 g/mol. The molecule has 1 unspecified atom stereocenters. The number of hydrogen-bond acceptors (Lipinski definition) is 5. The summed E-state index contributed by atoms with van der Waals surface area (Å²) in [6.07, 6.45) is -0.911. The van der Waals surface area contributed by atoms with Crippen molar-refractivity contribution in [3.63, 3.8) is 0 Å². The average molecular weight is 382 g/mol. The second-order valence-corrected chi connectivity index (χ2v) is 5.62. The minimum atomic E-state index is -0.911. The molecule has 0 spiro atoms. The Morgan fingerprint density at radius 2 is 1.81 bits per heavy atom. The lowest BCUT2D eigenvalue weighted by Gasteiger charge is -2.14. The molecule has 0 bridgehead atoms. The van der Waals surface area contributed by atoms with E-state index in [1.165, 1.54) is 13.0 Å². The molecule has 0 aliphatic rings. The lowest BCUT2D eigenvalue weighted by molar-refractivity contribution is -0.153. The van der Waals surface area contributed by atoms with Crippen LogP contribution in [-0.2, 0) is 14.3 Å². The van der Waals surface area contributed by atoms with Gasteiger partial charge in [0.05, 0.1) is 17.8 Å². The van der Waals surface area contributed by atoms with Gasteiger partial charge in [0.2, 0.25) is 0 Å². The van der Waals surface area contributed by atoms with E-state index in [0.717, 1.165) is 12.1 Å². The number of carbonyl (C=O) groups excluding carboxylic acids is 2. The van der Waals surface area contributed by atoms with Crippen LogP contribution in [0.25, 0.3) is 0 Å². The van der Waals surface area contributed by atoms with Gasteiger partial charge in [-0.1, -0.05) is 11.6 Å². The van der Waals surface area contributed by atoms with E-state index in [9.17, 15) is 14.0 Å². The first kappa shape index (κ1) is 19.5. The minimum Gasteiger partial charge on any atom is -0.497 e. The average Bonchev–Trinajstić information content (AvgIpc) is 2.62. The van der Waals surface area contributed by atoms with E-state index in [-0.39, 0.29) is 10.7 Å². The maximum absolute atomic E-state index is 13.0. The highest BCUT2D eigenvalue weighted by molar-refractivity contribution is 6.33. The Morgan fingerprint density at radius 3 is 2.42 bits per heavy atom. The van der Waals surface area contributed by atoms with Gasteiger partial charge in [-0.15, -0.1) is 0 Å². The van der Waals surface area contributed by atoms with Crippen LogP contribution in [0.3, 0.4) is 0 Å². The summed E-state index contributed by atoms with van der Waals surface area (Å²) in [5, 5.41) is 2.47. The van der Waals surface area contributed by atoms with Crippen LogP contribution in [0.1, 0.15) is 6.92 Å². The summed E-state index contributed by atoms with van der Waals surface area (Å²) in [6.45, 7) is 0.976. The molecule has 0 radical (unpaired) electrons. The number of amides is 1. The van der Waals surface area contributed by atoms with Crippen molar-refractivity contribution < 1.29 is 28.2 Å². The summed E-state index contributed by atoms with van der Waals surface area (Å²) in [6, 6.07) is 10.2. The van der Waals surface area contributed by atoms with Crippen molar-refractivity contribution in [3.05, 3.63) is 53.3 Å². The molecule has 0 aliphatic heterocycles. The molecule has 1 N–H and O–H groups in total. The SMILES string of the molecule is COc1ccc(OC(C)C(=O)OCC(=O)Nc2ccc(F)cc2Cl)cc1. The van der Waals surface area contributed by atoms with Crippen LogP contribution in [-0.4, -0.2) is 31.7 Å². The molecule has 6 nitrogen and oxygen atoms in total. The van der Waals surface area contributed by atoms with Crippen LogP contribution >= 0.6 is 11.6 Å². The summed E-state index contributed by atoms with van der Waals surface area (Å²) < 4.78 is 28.3. The molecule has 1 amide bonds. The van der Waals surface area contributed by atoms with E-state index < -0.39 is 30.4 Å². The Hall–Kier alpha value is -2.80. The highest BCUT2D eigenvalue weighted by Gasteiger charge is 2.18. The summed E-state index contributed by atoms with van der Waals surface area (Å²) in [7, 11) is 1.54. The fraction of sp³-hybridized carbons (Fsp3) is 0.222. The molecule has 138 valence electrons. The molecule has 0 saturated heterocycles. The summed E-state index contributed by atoms with van der Waals surface area (Å²) in [5.41, 5.74) is 0.219. The normalized spacial score (nSPS) is 11.4. The first-order valence-electron chi connectivity index (χ1n) is 7.61. The van der Waals surface area contributed by atoms with Gasteiger partial charge in [0.1, 0.15) is 17.3 Å². The number of ether oxygens (including phenoxy) is 3. The van der Waals surface area contributed by atoms with Gasteiger partial charge >= 0.3 is 5.97 Å². The molecule has 2 aromatic rings. The zero-order valence-electron chi connectivity index (χ0n) is 14.1. The number of anilines is 1. The lowest BCUT2D eigenvalue weighted by Crippen LogP contribution is -2.29. The molecule has 1 atom stereocenters. The van der Waals surface area contributed by atoms with Crippen molar-refractivity contribution in [3.8, 4) is 11.5 Å². The zero-order chi connectivity index (χ0) is 19.1. The minimum absolute atomic E-state index is 0.0425.